The Morgan fingerprint density at radius 3 is 2.52 bits per heavy atom. The Bertz CT molecular complexity index is 901. The van der Waals surface area contributed by atoms with E-state index in [2.05, 4.69) is 15.0 Å². The number of carbonyl (C=O) groups excluding carboxylic acids is 1. The predicted molar refractivity (Wildman–Crippen MR) is 107 cm³/mol. The number of nitrogens with zero attached hydrogens (tertiary/aromatic N) is 1. The van der Waals surface area contributed by atoms with Crippen molar-refractivity contribution < 1.29 is 13.2 Å². The molecule has 2 N–H and O–H groups in total. The molecule has 1 aromatic heterocycles. The lowest BCUT2D eigenvalue weighted by Gasteiger charge is -2.19. The van der Waals surface area contributed by atoms with E-state index in [1.807, 2.05) is 26.2 Å². The van der Waals surface area contributed by atoms with Gasteiger partial charge in [0.1, 0.15) is 6.04 Å². The summed E-state index contributed by atoms with van der Waals surface area (Å²) in [6.07, 6.45) is 2.69. The molecule has 0 aliphatic heterocycles. The van der Waals surface area contributed by atoms with E-state index in [-0.39, 0.29) is 16.7 Å². The number of hydrogen-bond acceptors (Lipinski definition) is 5. The molecular formula is C19H25N3O3S2. The number of sulfonamides is 1. The molecule has 1 unspecified atom stereocenters. The van der Waals surface area contributed by atoms with Gasteiger partial charge in [-0.1, -0.05) is 31.5 Å². The van der Waals surface area contributed by atoms with E-state index in [0.29, 0.717) is 17.5 Å². The van der Waals surface area contributed by atoms with Crippen LogP contribution in [0.2, 0.25) is 0 Å². The summed E-state index contributed by atoms with van der Waals surface area (Å²) in [5.41, 5.74) is 1.98. The van der Waals surface area contributed by atoms with E-state index in [0.717, 1.165) is 24.1 Å². The molecule has 0 radical (unpaired) electrons. The van der Waals surface area contributed by atoms with Crippen LogP contribution >= 0.6 is 11.3 Å². The van der Waals surface area contributed by atoms with Crippen molar-refractivity contribution >= 4 is 32.4 Å². The topological polar surface area (TPSA) is 88.2 Å². The summed E-state index contributed by atoms with van der Waals surface area (Å²) in [6.45, 7) is 5.80. The minimum Gasteiger partial charge on any atom is -0.301 e. The summed E-state index contributed by atoms with van der Waals surface area (Å²) in [5.74, 6) is 0.286. The average molecular weight is 408 g/mol. The number of carbonyl (C=O) groups is 1. The first-order chi connectivity index (χ1) is 12.7. The maximum Gasteiger partial charge on any atom is 0.244 e. The molecular weight excluding hydrogens is 382 g/mol. The minimum absolute atomic E-state index is 0.153. The summed E-state index contributed by atoms with van der Waals surface area (Å²) in [4.78, 5) is 17.3. The molecule has 1 aromatic carbocycles. The fourth-order valence-corrected chi connectivity index (χ4v) is 4.76. The number of benzene rings is 1. The molecule has 146 valence electrons. The molecule has 1 aliphatic carbocycles. The van der Waals surface area contributed by atoms with E-state index in [1.54, 1.807) is 24.3 Å². The van der Waals surface area contributed by atoms with Crippen molar-refractivity contribution in [3.63, 3.8) is 0 Å². The molecule has 27 heavy (non-hydrogen) atoms. The molecule has 1 heterocycles. The number of rotatable bonds is 8. The molecule has 1 atom stereocenters. The Labute approximate surface area is 164 Å². The highest BCUT2D eigenvalue weighted by atomic mass is 32.2. The van der Waals surface area contributed by atoms with E-state index >= 15 is 0 Å². The first-order valence-corrected chi connectivity index (χ1v) is 11.5. The summed E-state index contributed by atoms with van der Waals surface area (Å²) >= 11 is 1.38. The Balaban J connectivity index is 1.73. The van der Waals surface area contributed by atoms with Gasteiger partial charge in [-0.2, -0.15) is 4.72 Å². The minimum atomic E-state index is -3.79. The van der Waals surface area contributed by atoms with Crippen molar-refractivity contribution in [1.82, 2.24) is 9.71 Å². The zero-order chi connectivity index (χ0) is 19.6. The van der Waals surface area contributed by atoms with Crippen LogP contribution in [0.4, 0.5) is 5.13 Å². The van der Waals surface area contributed by atoms with Crippen LogP contribution < -0.4 is 10.0 Å². The van der Waals surface area contributed by atoms with Crippen molar-refractivity contribution in [2.24, 2.45) is 5.92 Å². The Morgan fingerprint density at radius 2 is 1.93 bits per heavy atom. The molecule has 8 heteroatoms. The van der Waals surface area contributed by atoms with Gasteiger partial charge in [0.2, 0.25) is 15.9 Å². The first kappa shape index (κ1) is 20.0. The van der Waals surface area contributed by atoms with Gasteiger partial charge in [-0.05, 0) is 44.2 Å². The van der Waals surface area contributed by atoms with Crippen LogP contribution in [0.5, 0.6) is 0 Å². The summed E-state index contributed by atoms with van der Waals surface area (Å²) in [7, 11) is -3.79. The normalized spacial score (nSPS) is 15.7. The van der Waals surface area contributed by atoms with E-state index < -0.39 is 16.1 Å². The van der Waals surface area contributed by atoms with Crippen LogP contribution in [0.3, 0.4) is 0 Å². The second kappa shape index (κ2) is 8.08. The number of amides is 1. The quantitative estimate of drug-likeness (QED) is 0.699. The van der Waals surface area contributed by atoms with Gasteiger partial charge in [0.05, 0.1) is 10.6 Å². The van der Waals surface area contributed by atoms with Gasteiger partial charge in [0.15, 0.2) is 5.13 Å². The van der Waals surface area contributed by atoms with Gasteiger partial charge in [-0.3, -0.25) is 4.79 Å². The van der Waals surface area contributed by atoms with Crippen LogP contribution in [-0.2, 0) is 14.8 Å². The highest BCUT2D eigenvalue weighted by Crippen LogP contribution is 2.40. The summed E-state index contributed by atoms with van der Waals surface area (Å²) in [6, 6.07) is 5.71. The van der Waals surface area contributed by atoms with Gasteiger partial charge in [-0.15, -0.1) is 11.3 Å². The molecule has 0 saturated heterocycles. The lowest BCUT2D eigenvalue weighted by molar-refractivity contribution is -0.118. The van der Waals surface area contributed by atoms with Crippen LogP contribution in [0.1, 0.15) is 50.3 Å². The molecule has 1 amide bonds. The highest BCUT2D eigenvalue weighted by Gasteiger charge is 2.29. The van der Waals surface area contributed by atoms with Gasteiger partial charge >= 0.3 is 0 Å². The van der Waals surface area contributed by atoms with Crippen molar-refractivity contribution in [3.05, 3.63) is 40.9 Å². The van der Waals surface area contributed by atoms with Gasteiger partial charge in [0, 0.05) is 11.3 Å². The second-order valence-electron chi connectivity index (χ2n) is 7.46. The average Bonchev–Trinajstić information content (AvgIpc) is 3.34. The van der Waals surface area contributed by atoms with Crippen LogP contribution in [-0.4, -0.2) is 25.4 Å². The molecule has 0 spiro atoms. The van der Waals surface area contributed by atoms with Crippen molar-refractivity contribution in [2.75, 3.05) is 5.32 Å². The SMILES string of the molecule is Cc1ccc(S(=O)(=O)NC(CC(C)C)C(=O)Nc2nc(C3CC3)cs2)cc1. The highest BCUT2D eigenvalue weighted by molar-refractivity contribution is 7.89. The van der Waals surface area contributed by atoms with Crippen molar-refractivity contribution in [1.29, 1.82) is 0 Å². The lowest BCUT2D eigenvalue weighted by atomic mass is 10.0. The number of nitrogens with one attached hydrogen (secondary N) is 2. The third-order valence-electron chi connectivity index (χ3n) is 4.40. The third kappa shape index (κ3) is 5.37. The Kier molecular flexibility index (Phi) is 5.98. The van der Waals surface area contributed by atoms with Crippen LogP contribution in [0.15, 0.2) is 34.5 Å². The van der Waals surface area contributed by atoms with E-state index in [4.69, 9.17) is 0 Å². The van der Waals surface area contributed by atoms with Gasteiger partial charge in [0.25, 0.3) is 0 Å². The monoisotopic (exact) mass is 407 g/mol. The first-order valence-electron chi connectivity index (χ1n) is 9.10. The fourth-order valence-electron chi connectivity index (χ4n) is 2.76. The molecule has 2 aromatic rings. The third-order valence-corrected chi connectivity index (χ3v) is 6.66. The molecule has 0 bridgehead atoms. The fraction of sp³-hybridized carbons (Fsp3) is 0.474. The van der Waals surface area contributed by atoms with Crippen molar-refractivity contribution in [3.8, 4) is 0 Å². The molecule has 1 saturated carbocycles. The molecule has 1 fully saturated rings. The summed E-state index contributed by atoms with van der Waals surface area (Å²) in [5, 5.41) is 5.25. The Hall–Kier alpha value is -1.77. The number of thiazole rings is 1. The summed E-state index contributed by atoms with van der Waals surface area (Å²) < 4.78 is 27.9. The number of anilines is 1. The standard InChI is InChI=1S/C19H25N3O3S2/c1-12(2)10-16(22-27(24,25)15-8-4-13(3)5-9-15)18(23)21-19-20-17(11-26-19)14-6-7-14/h4-5,8-9,11-12,14,16,22H,6-7,10H2,1-3H3,(H,20,21,23). The zero-order valence-corrected chi connectivity index (χ0v) is 17.4. The number of aryl methyl sites for hydroxylation is 1. The maximum absolute atomic E-state index is 12.7. The van der Waals surface area contributed by atoms with E-state index in [9.17, 15) is 13.2 Å². The van der Waals surface area contributed by atoms with Gasteiger partial charge < -0.3 is 5.32 Å². The molecule has 3 rings (SSSR count). The predicted octanol–water partition coefficient (Wildman–Crippen LogP) is 3.66. The van der Waals surface area contributed by atoms with Gasteiger partial charge in [-0.25, -0.2) is 13.4 Å². The van der Waals surface area contributed by atoms with Crippen LogP contribution in [0.25, 0.3) is 0 Å². The number of aromatic nitrogens is 1. The smallest absolute Gasteiger partial charge is 0.244 e. The largest absolute Gasteiger partial charge is 0.301 e. The van der Waals surface area contributed by atoms with Crippen molar-refractivity contribution in [2.45, 2.75) is 56.9 Å². The second-order valence-corrected chi connectivity index (χ2v) is 10.0. The Morgan fingerprint density at radius 1 is 1.26 bits per heavy atom. The maximum atomic E-state index is 12.7. The number of hydrogen-bond donors (Lipinski definition) is 2. The van der Waals surface area contributed by atoms with Crippen LogP contribution in [0, 0.1) is 12.8 Å². The zero-order valence-electron chi connectivity index (χ0n) is 15.7. The molecule has 6 nitrogen and oxygen atoms in total. The lowest BCUT2D eigenvalue weighted by Crippen LogP contribution is -2.44. The molecule has 1 aliphatic rings. The van der Waals surface area contributed by atoms with E-state index in [1.165, 1.54) is 11.3 Å².